The first kappa shape index (κ1) is 32.7. The van der Waals surface area contributed by atoms with Crippen molar-refractivity contribution in [1.29, 1.82) is 0 Å². The predicted octanol–water partition coefficient (Wildman–Crippen LogP) is 3.18. The van der Waals surface area contributed by atoms with Gasteiger partial charge in [-0.3, -0.25) is 9.69 Å². The number of hydrogen-bond donors (Lipinski definition) is 0. The van der Waals surface area contributed by atoms with Crippen LogP contribution in [-0.2, 0) is 16.0 Å². The Bertz CT molecular complexity index is 1460. The lowest BCUT2D eigenvalue weighted by atomic mass is 10.1. The minimum absolute atomic E-state index is 0.00218. The first-order valence-electron chi connectivity index (χ1n) is 14.6. The molecule has 1 aliphatic rings. The first-order valence-corrected chi connectivity index (χ1v) is 14.6. The van der Waals surface area contributed by atoms with Crippen molar-refractivity contribution in [3.8, 4) is 34.5 Å². The van der Waals surface area contributed by atoms with Crippen LogP contribution in [0.25, 0.3) is 10.8 Å². The Morgan fingerprint density at radius 3 is 2.02 bits per heavy atom. The largest absolute Gasteiger partial charge is 0.493 e. The van der Waals surface area contributed by atoms with E-state index in [1.54, 1.807) is 18.2 Å². The Morgan fingerprint density at radius 1 is 0.818 bits per heavy atom. The number of morpholine rings is 1. The van der Waals surface area contributed by atoms with Crippen LogP contribution in [0.15, 0.2) is 29.2 Å². The standard InChI is InChI=1S/C31H41N3O10/c1-7-41-25-14-20(15-26(42-8-2)28(25)43-9-3)31(36)44-21(18-33-10-12-40-13-11-33)19-34-30(35)22-16-24(37-4)29(39-6)27(38-5)23(22)17-32-34/h14-17,21H,7-13,18-19H2,1-6H3. The number of hydrogen-bond acceptors (Lipinski definition) is 12. The van der Waals surface area contributed by atoms with Gasteiger partial charge in [0.15, 0.2) is 23.0 Å². The maximum atomic E-state index is 13.7. The number of ether oxygens (including phenoxy) is 8. The van der Waals surface area contributed by atoms with Crippen LogP contribution in [0.5, 0.6) is 34.5 Å². The van der Waals surface area contributed by atoms with Gasteiger partial charge in [0, 0.05) is 19.6 Å². The third kappa shape index (κ3) is 7.28. The lowest BCUT2D eigenvalue weighted by molar-refractivity contribution is -0.00908. The number of fused-ring (bicyclic) bond motifs is 1. The molecule has 13 nitrogen and oxygen atoms in total. The van der Waals surface area contributed by atoms with Gasteiger partial charge in [0.25, 0.3) is 5.56 Å². The molecule has 1 fully saturated rings. The average Bonchev–Trinajstić information content (AvgIpc) is 3.03. The number of carbonyl (C=O) groups is 1. The molecule has 2 heterocycles. The Labute approximate surface area is 256 Å². The average molecular weight is 616 g/mol. The fourth-order valence-corrected chi connectivity index (χ4v) is 5.06. The van der Waals surface area contributed by atoms with Gasteiger partial charge in [-0.15, -0.1) is 0 Å². The third-order valence-electron chi connectivity index (χ3n) is 7.02. The normalized spacial score (nSPS) is 14.1. The molecule has 0 bridgehead atoms. The van der Waals surface area contributed by atoms with E-state index in [-0.39, 0.29) is 12.1 Å². The number of rotatable bonds is 15. The van der Waals surface area contributed by atoms with Crippen LogP contribution >= 0.6 is 0 Å². The highest BCUT2D eigenvalue weighted by Crippen LogP contribution is 2.42. The molecule has 0 N–H and O–H groups in total. The molecule has 1 aromatic heterocycles. The summed E-state index contributed by atoms with van der Waals surface area (Å²) in [5, 5.41) is 5.19. The summed E-state index contributed by atoms with van der Waals surface area (Å²) in [4.78, 5) is 29.5. The maximum absolute atomic E-state index is 13.7. The van der Waals surface area contributed by atoms with E-state index in [0.29, 0.717) is 97.9 Å². The SMILES string of the molecule is CCOc1cc(C(=O)OC(CN2CCOCC2)Cn2ncc3c(OC)c(OC)c(OC)cc3c2=O)cc(OCC)c1OCC. The highest BCUT2D eigenvalue weighted by Gasteiger charge is 2.26. The van der Waals surface area contributed by atoms with E-state index < -0.39 is 17.6 Å². The number of esters is 1. The van der Waals surface area contributed by atoms with Gasteiger partial charge in [0.05, 0.1) is 83.4 Å². The minimum Gasteiger partial charge on any atom is -0.493 e. The molecule has 44 heavy (non-hydrogen) atoms. The van der Waals surface area contributed by atoms with Gasteiger partial charge in [0.2, 0.25) is 11.5 Å². The number of aromatic nitrogens is 2. The fraction of sp³-hybridized carbons (Fsp3) is 0.516. The van der Waals surface area contributed by atoms with Gasteiger partial charge < -0.3 is 37.9 Å². The lowest BCUT2D eigenvalue weighted by Gasteiger charge is -2.30. The van der Waals surface area contributed by atoms with Gasteiger partial charge in [0.1, 0.15) is 6.10 Å². The van der Waals surface area contributed by atoms with Crippen molar-refractivity contribution in [1.82, 2.24) is 14.7 Å². The maximum Gasteiger partial charge on any atom is 0.338 e. The lowest BCUT2D eigenvalue weighted by Crippen LogP contribution is -2.44. The van der Waals surface area contributed by atoms with Gasteiger partial charge in [-0.25, -0.2) is 9.48 Å². The molecule has 0 radical (unpaired) electrons. The van der Waals surface area contributed by atoms with Crippen LogP contribution in [-0.4, -0.2) is 101 Å². The van der Waals surface area contributed by atoms with Gasteiger partial charge in [-0.2, -0.15) is 5.10 Å². The highest BCUT2D eigenvalue weighted by molar-refractivity contribution is 5.92. The molecule has 1 unspecified atom stereocenters. The Hall–Kier alpha value is -4.23. The third-order valence-corrected chi connectivity index (χ3v) is 7.02. The van der Waals surface area contributed by atoms with Crippen molar-refractivity contribution in [2.75, 3.05) is 74.0 Å². The van der Waals surface area contributed by atoms with Crippen LogP contribution in [0.1, 0.15) is 31.1 Å². The second-order valence-electron chi connectivity index (χ2n) is 9.78. The van der Waals surface area contributed by atoms with Crippen molar-refractivity contribution in [2.45, 2.75) is 33.4 Å². The molecule has 0 amide bonds. The molecule has 0 saturated carbocycles. The molecule has 240 valence electrons. The zero-order chi connectivity index (χ0) is 31.6. The number of nitrogens with zero attached hydrogens (tertiary/aromatic N) is 3. The zero-order valence-electron chi connectivity index (χ0n) is 26.2. The highest BCUT2D eigenvalue weighted by atomic mass is 16.6. The van der Waals surface area contributed by atoms with Crippen LogP contribution in [0.3, 0.4) is 0 Å². The molecule has 0 spiro atoms. The van der Waals surface area contributed by atoms with Crippen molar-refractivity contribution < 1.29 is 42.7 Å². The smallest absolute Gasteiger partial charge is 0.338 e. The second kappa shape index (κ2) is 15.5. The summed E-state index contributed by atoms with van der Waals surface area (Å²) in [6.07, 6.45) is 0.795. The van der Waals surface area contributed by atoms with E-state index in [2.05, 4.69) is 10.00 Å². The summed E-state index contributed by atoms with van der Waals surface area (Å²) < 4.78 is 46.6. The van der Waals surface area contributed by atoms with Gasteiger partial charge >= 0.3 is 5.97 Å². The van der Waals surface area contributed by atoms with Crippen molar-refractivity contribution in [3.63, 3.8) is 0 Å². The van der Waals surface area contributed by atoms with E-state index in [4.69, 9.17) is 37.9 Å². The van der Waals surface area contributed by atoms with Crippen LogP contribution in [0.2, 0.25) is 0 Å². The van der Waals surface area contributed by atoms with Gasteiger partial charge in [-0.1, -0.05) is 0 Å². The summed E-state index contributed by atoms with van der Waals surface area (Å²) in [7, 11) is 4.45. The van der Waals surface area contributed by atoms with Crippen LogP contribution in [0.4, 0.5) is 0 Å². The molecule has 4 rings (SSSR count). The molecular formula is C31H41N3O10. The summed E-state index contributed by atoms with van der Waals surface area (Å²) in [5.41, 5.74) is -0.171. The second-order valence-corrected chi connectivity index (χ2v) is 9.78. The molecule has 0 aliphatic carbocycles. The summed E-state index contributed by atoms with van der Waals surface area (Å²) in [6, 6.07) is 4.75. The Morgan fingerprint density at radius 2 is 1.45 bits per heavy atom. The Kier molecular flexibility index (Phi) is 11.5. The molecule has 1 saturated heterocycles. The van der Waals surface area contributed by atoms with Crippen molar-refractivity contribution in [3.05, 3.63) is 40.3 Å². The Balaban J connectivity index is 1.70. The van der Waals surface area contributed by atoms with E-state index in [1.807, 2.05) is 20.8 Å². The quantitative estimate of drug-likeness (QED) is 0.233. The van der Waals surface area contributed by atoms with Crippen LogP contribution in [0, 0.1) is 0 Å². The monoisotopic (exact) mass is 615 g/mol. The number of benzene rings is 2. The molecular weight excluding hydrogens is 574 g/mol. The van der Waals surface area contributed by atoms with Gasteiger partial charge in [-0.05, 0) is 39.0 Å². The fourth-order valence-electron chi connectivity index (χ4n) is 5.06. The number of methoxy groups -OCH3 is 3. The zero-order valence-corrected chi connectivity index (χ0v) is 26.2. The molecule has 13 heteroatoms. The molecule has 1 aliphatic heterocycles. The van der Waals surface area contributed by atoms with Crippen molar-refractivity contribution in [2.24, 2.45) is 0 Å². The summed E-state index contributed by atoms with van der Waals surface area (Å²) >= 11 is 0. The summed E-state index contributed by atoms with van der Waals surface area (Å²) in [6.45, 7) is 9.47. The molecule has 3 aromatic rings. The van der Waals surface area contributed by atoms with Crippen LogP contribution < -0.4 is 34.0 Å². The first-order chi connectivity index (χ1) is 21.4. The minimum atomic E-state index is -0.733. The molecule has 1 atom stereocenters. The van der Waals surface area contributed by atoms with E-state index in [0.717, 1.165) is 0 Å². The molecule has 2 aromatic carbocycles. The number of carbonyl (C=O) groups excluding carboxylic acids is 1. The van der Waals surface area contributed by atoms with E-state index in [1.165, 1.54) is 32.2 Å². The van der Waals surface area contributed by atoms with Crippen molar-refractivity contribution >= 4 is 16.7 Å². The topological polar surface area (TPSA) is 129 Å². The summed E-state index contributed by atoms with van der Waals surface area (Å²) in [5.74, 6) is 1.61. The van der Waals surface area contributed by atoms with E-state index in [9.17, 15) is 9.59 Å². The van der Waals surface area contributed by atoms with E-state index >= 15 is 0 Å². The predicted molar refractivity (Wildman–Crippen MR) is 162 cm³/mol.